The van der Waals surface area contributed by atoms with Gasteiger partial charge in [0.15, 0.2) is 0 Å². The van der Waals surface area contributed by atoms with Gasteiger partial charge in [-0.15, -0.1) is 0 Å². The van der Waals surface area contributed by atoms with Crippen LogP contribution in [0.1, 0.15) is 27.3 Å². The summed E-state index contributed by atoms with van der Waals surface area (Å²) in [6.07, 6.45) is 6.19. The van der Waals surface area contributed by atoms with Crippen molar-refractivity contribution in [3.05, 3.63) is 47.4 Å². The number of ketones is 1. The Labute approximate surface area is 87.0 Å². The molecule has 0 amide bonds. The average Bonchev–Trinajstić information content (AvgIpc) is 2.65. The molecule has 0 N–H and O–H groups in total. The van der Waals surface area contributed by atoms with E-state index in [1.165, 1.54) is 12.5 Å². The molecule has 2 aromatic rings. The summed E-state index contributed by atoms with van der Waals surface area (Å²) in [6.45, 7) is 3.68. The van der Waals surface area contributed by atoms with Gasteiger partial charge < -0.3 is 4.42 Å². The van der Waals surface area contributed by atoms with Gasteiger partial charge in [-0.2, -0.15) is 0 Å². The molecule has 0 atom stereocenters. The Kier molecular flexibility index (Phi) is 2.33. The lowest BCUT2D eigenvalue weighted by Gasteiger charge is -1.97. The summed E-state index contributed by atoms with van der Waals surface area (Å²) < 4.78 is 4.94. The van der Waals surface area contributed by atoms with Gasteiger partial charge in [0, 0.05) is 12.4 Å². The van der Waals surface area contributed by atoms with Gasteiger partial charge in [0.05, 0.1) is 11.8 Å². The molecule has 0 radical (unpaired) electrons. The van der Waals surface area contributed by atoms with Crippen molar-refractivity contribution in [3.8, 4) is 0 Å². The maximum Gasteiger partial charge on any atom is 0.233 e. The van der Waals surface area contributed by atoms with Gasteiger partial charge in [-0.1, -0.05) is 0 Å². The first-order chi connectivity index (χ1) is 7.18. The van der Waals surface area contributed by atoms with Crippen molar-refractivity contribution in [1.29, 1.82) is 0 Å². The van der Waals surface area contributed by atoms with Crippen molar-refractivity contribution in [2.24, 2.45) is 0 Å². The third-order valence-corrected chi connectivity index (χ3v) is 2.08. The van der Waals surface area contributed by atoms with Crippen LogP contribution in [-0.4, -0.2) is 15.8 Å². The SMILES string of the molecule is Cc1cnc(C(=O)c2cocc2C)nc1. The van der Waals surface area contributed by atoms with E-state index in [-0.39, 0.29) is 11.6 Å². The number of furan rings is 1. The number of carbonyl (C=O) groups excluding carboxylic acids is 1. The Morgan fingerprint density at radius 3 is 2.40 bits per heavy atom. The van der Waals surface area contributed by atoms with Crippen molar-refractivity contribution in [1.82, 2.24) is 9.97 Å². The number of aryl methyl sites for hydroxylation is 2. The van der Waals surface area contributed by atoms with Gasteiger partial charge in [-0.25, -0.2) is 9.97 Å². The quantitative estimate of drug-likeness (QED) is 0.698. The summed E-state index contributed by atoms with van der Waals surface area (Å²) in [5.41, 5.74) is 2.23. The van der Waals surface area contributed by atoms with E-state index in [2.05, 4.69) is 9.97 Å². The van der Waals surface area contributed by atoms with Crippen LogP contribution < -0.4 is 0 Å². The summed E-state index contributed by atoms with van der Waals surface area (Å²) >= 11 is 0. The minimum atomic E-state index is -0.207. The zero-order chi connectivity index (χ0) is 10.8. The molecule has 0 saturated carbocycles. The van der Waals surface area contributed by atoms with Crippen LogP contribution in [0.4, 0.5) is 0 Å². The van der Waals surface area contributed by atoms with Crippen molar-refractivity contribution >= 4 is 5.78 Å². The number of rotatable bonds is 2. The molecule has 2 heterocycles. The first-order valence-corrected chi connectivity index (χ1v) is 4.54. The molecule has 76 valence electrons. The van der Waals surface area contributed by atoms with Crippen LogP contribution in [0.15, 0.2) is 29.3 Å². The number of aromatic nitrogens is 2. The molecule has 0 spiro atoms. The molecular formula is C11H10N2O2. The first-order valence-electron chi connectivity index (χ1n) is 4.54. The van der Waals surface area contributed by atoms with E-state index < -0.39 is 0 Å². The van der Waals surface area contributed by atoms with E-state index >= 15 is 0 Å². The highest BCUT2D eigenvalue weighted by Gasteiger charge is 2.15. The van der Waals surface area contributed by atoms with E-state index in [1.54, 1.807) is 12.4 Å². The third kappa shape index (κ3) is 1.79. The van der Waals surface area contributed by atoms with Crippen molar-refractivity contribution in [3.63, 3.8) is 0 Å². The lowest BCUT2D eigenvalue weighted by Crippen LogP contribution is -2.07. The van der Waals surface area contributed by atoms with Crippen LogP contribution in [0.3, 0.4) is 0 Å². The van der Waals surface area contributed by atoms with E-state index in [0.29, 0.717) is 5.56 Å². The maximum absolute atomic E-state index is 11.9. The van der Waals surface area contributed by atoms with E-state index in [9.17, 15) is 4.79 Å². The molecule has 4 heteroatoms. The highest BCUT2D eigenvalue weighted by Crippen LogP contribution is 2.12. The molecule has 0 aliphatic carbocycles. The van der Waals surface area contributed by atoms with Gasteiger partial charge in [-0.05, 0) is 25.0 Å². The molecular weight excluding hydrogens is 192 g/mol. The minimum Gasteiger partial charge on any atom is -0.472 e. The fraction of sp³-hybridized carbons (Fsp3) is 0.182. The first kappa shape index (κ1) is 9.58. The monoisotopic (exact) mass is 202 g/mol. The zero-order valence-electron chi connectivity index (χ0n) is 8.52. The van der Waals surface area contributed by atoms with Crippen LogP contribution in [0.25, 0.3) is 0 Å². The van der Waals surface area contributed by atoms with Crippen molar-refractivity contribution < 1.29 is 9.21 Å². The van der Waals surface area contributed by atoms with E-state index in [0.717, 1.165) is 11.1 Å². The summed E-state index contributed by atoms with van der Waals surface area (Å²) in [5, 5.41) is 0. The molecule has 0 aliphatic heterocycles. The second-order valence-electron chi connectivity index (χ2n) is 3.38. The molecule has 4 nitrogen and oxygen atoms in total. The number of hydrogen-bond donors (Lipinski definition) is 0. The Morgan fingerprint density at radius 2 is 1.87 bits per heavy atom. The molecule has 0 unspecified atom stereocenters. The van der Waals surface area contributed by atoms with Crippen molar-refractivity contribution in [2.45, 2.75) is 13.8 Å². The normalized spacial score (nSPS) is 10.3. The predicted molar refractivity (Wildman–Crippen MR) is 53.6 cm³/mol. The summed E-state index contributed by atoms with van der Waals surface area (Å²) in [5.74, 6) is -0.00801. The summed E-state index contributed by atoms with van der Waals surface area (Å²) in [7, 11) is 0. The van der Waals surface area contributed by atoms with Gasteiger partial charge in [0.1, 0.15) is 6.26 Å². The second kappa shape index (κ2) is 3.65. The number of nitrogens with zero attached hydrogens (tertiary/aromatic N) is 2. The Bertz CT molecular complexity index is 486. The summed E-state index contributed by atoms with van der Waals surface area (Å²) in [4.78, 5) is 19.8. The van der Waals surface area contributed by atoms with E-state index in [1.807, 2.05) is 13.8 Å². The number of carbonyl (C=O) groups is 1. The molecule has 0 saturated heterocycles. The molecule has 2 rings (SSSR count). The Balaban J connectivity index is 2.37. The molecule has 0 aliphatic rings. The van der Waals surface area contributed by atoms with Crippen LogP contribution in [0.5, 0.6) is 0 Å². The minimum absolute atomic E-state index is 0.199. The smallest absolute Gasteiger partial charge is 0.233 e. The van der Waals surface area contributed by atoms with Crippen LogP contribution in [0, 0.1) is 13.8 Å². The lowest BCUT2D eigenvalue weighted by atomic mass is 10.1. The standard InChI is InChI=1S/C11H10N2O2/c1-7-3-12-11(13-4-7)10(14)9-6-15-5-8(9)2/h3-6H,1-2H3. The molecule has 0 aromatic carbocycles. The Hall–Kier alpha value is -1.97. The average molecular weight is 202 g/mol. The molecule has 2 aromatic heterocycles. The van der Waals surface area contributed by atoms with Crippen LogP contribution in [0.2, 0.25) is 0 Å². The third-order valence-electron chi connectivity index (χ3n) is 2.08. The van der Waals surface area contributed by atoms with Gasteiger partial charge in [-0.3, -0.25) is 4.79 Å². The highest BCUT2D eigenvalue weighted by molar-refractivity contribution is 6.07. The zero-order valence-corrected chi connectivity index (χ0v) is 8.52. The highest BCUT2D eigenvalue weighted by atomic mass is 16.3. The molecule has 0 fully saturated rings. The Morgan fingerprint density at radius 1 is 1.20 bits per heavy atom. The molecule has 15 heavy (non-hydrogen) atoms. The topological polar surface area (TPSA) is 56.0 Å². The van der Waals surface area contributed by atoms with E-state index in [4.69, 9.17) is 4.42 Å². The molecule has 0 bridgehead atoms. The van der Waals surface area contributed by atoms with Crippen molar-refractivity contribution in [2.75, 3.05) is 0 Å². The predicted octanol–water partition coefficient (Wildman–Crippen LogP) is 1.92. The maximum atomic E-state index is 11.9. The van der Waals surface area contributed by atoms with Gasteiger partial charge in [0.2, 0.25) is 11.6 Å². The number of hydrogen-bond acceptors (Lipinski definition) is 4. The fourth-order valence-electron chi connectivity index (χ4n) is 1.22. The van der Waals surface area contributed by atoms with Gasteiger partial charge in [0.25, 0.3) is 0 Å². The largest absolute Gasteiger partial charge is 0.472 e. The second-order valence-corrected chi connectivity index (χ2v) is 3.38. The van der Waals surface area contributed by atoms with Gasteiger partial charge >= 0.3 is 0 Å². The fourth-order valence-corrected chi connectivity index (χ4v) is 1.22. The van der Waals surface area contributed by atoms with Crippen LogP contribution in [-0.2, 0) is 0 Å². The lowest BCUT2D eigenvalue weighted by molar-refractivity contribution is 0.102. The summed E-state index contributed by atoms with van der Waals surface area (Å²) in [6, 6.07) is 0. The van der Waals surface area contributed by atoms with Crippen LogP contribution >= 0.6 is 0 Å².